The van der Waals surface area contributed by atoms with E-state index in [1.165, 1.54) is 0 Å². The third-order valence-electron chi connectivity index (χ3n) is 2.83. The number of carbonyl (C=O) groups is 2. The number of hydrogen-bond donors (Lipinski definition) is 3. The highest BCUT2D eigenvalue weighted by Gasteiger charge is 2.16. The minimum Gasteiger partial charge on any atom is -0.352 e. The normalized spacial score (nSPS) is 12.1. The van der Waals surface area contributed by atoms with Crippen molar-refractivity contribution in [2.75, 3.05) is 0 Å². The Morgan fingerprint density at radius 1 is 1.05 bits per heavy atom. The lowest BCUT2D eigenvalue weighted by atomic mass is 10.1. The van der Waals surface area contributed by atoms with Gasteiger partial charge in [-0.1, -0.05) is 24.3 Å². The van der Waals surface area contributed by atoms with E-state index in [4.69, 9.17) is 5.73 Å². The van der Waals surface area contributed by atoms with Crippen molar-refractivity contribution in [3.05, 3.63) is 35.4 Å². The second-order valence-corrected chi connectivity index (χ2v) is 5.15. The maximum atomic E-state index is 11.9. The van der Waals surface area contributed by atoms with E-state index in [0.29, 0.717) is 6.54 Å². The predicted molar refractivity (Wildman–Crippen MR) is 78.9 cm³/mol. The van der Waals surface area contributed by atoms with Gasteiger partial charge in [0.05, 0.1) is 6.42 Å². The van der Waals surface area contributed by atoms with Gasteiger partial charge in [-0.15, -0.1) is 0 Å². The van der Waals surface area contributed by atoms with E-state index in [1.54, 1.807) is 6.92 Å². The lowest BCUT2D eigenvalue weighted by molar-refractivity contribution is -0.128. The van der Waals surface area contributed by atoms with Gasteiger partial charge in [-0.3, -0.25) is 9.59 Å². The Morgan fingerprint density at radius 2 is 1.60 bits per heavy atom. The number of amides is 2. The zero-order valence-electron chi connectivity index (χ0n) is 12.3. The van der Waals surface area contributed by atoms with E-state index in [0.717, 1.165) is 11.1 Å². The van der Waals surface area contributed by atoms with E-state index in [1.807, 2.05) is 38.1 Å². The van der Waals surface area contributed by atoms with Crippen molar-refractivity contribution in [3.8, 4) is 0 Å². The van der Waals surface area contributed by atoms with Crippen LogP contribution in [0.3, 0.4) is 0 Å². The van der Waals surface area contributed by atoms with Gasteiger partial charge in [0, 0.05) is 12.6 Å². The summed E-state index contributed by atoms with van der Waals surface area (Å²) in [5.74, 6) is -0.344. The lowest BCUT2D eigenvalue weighted by Gasteiger charge is -2.16. The predicted octanol–water partition coefficient (Wildman–Crippen LogP) is 0.717. The number of nitrogens with two attached hydrogens (primary N) is 1. The van der Waals surface area contributed by atoms with Crippen molar-refractivity contribution >= 4 is 11.8 Å². The summed E-state index contributed by atoms with van der Waals surface area (Å²) in [5, 5.41) is 5.45. The molecule has 1 unspecified atom stereocenters. The van der Waals surface area contributed by atoms with Gasteiger partial charge in [-0.25, -0.2) is 0 Å². The number of hydrogen-bond acceptors (Lipinski definition) is 3. The van der Waals surface area contributed by atoms with Gasteiger partial charge in [0.15, 0.2) is 0 Å². The molecule has 1 aromatic carbocycles. The lowest BCUT2D eigenvalue weighted by Crippen LogP contribution is -2.47. The molecule has 0 spiro atoms. The molecule has 1 atom stereocenters. The van der Waals surface area contributed by atoms with E-state index >= 15 is 0 Å². The zero-order chi connectivity index (χ0) is 15.1. The van der Waals surface area contributed by atoms with Gasteiger partial charge in [-0.05, 0) is 31.9 Å². The van der Waals surface area contributed by atoms with Crippen LogP contribution in [0.5, 0.6) is 0 Å². The Hall–Kier alpha value is -1.88. The van der Waals surface area contributed by atoms with Crippen LogP contribution >= 0.6 is 0 Å². The summed E-state index contributed by atoms with van der Waals surface area (Å²) >= 11 is 0. The van der Waals surface area contributed by atoms with Crippen molar-refractivity contribution in [2.24, 2.45) is 5.73 Å². The molecule has 0 saturated heterocycles. The molecule has 2 amide bonds. The molecule has 0 saturated carbocycles. The standard InChI is InChI=1S/C15H23N3O2/c1-10(2)17-15(20)11(3)18-14(19)8-12-4-6-13(9-16)7-5-12/h4-7,10-11H,8-9,16H2,1-3H3,(H,17,20)(H,18,19). The fourth-order valence-corrected chi connectivity index (χ4v) is 1.75. The summed E-state index contributed by atoms with van der Waals surface area (Å²) in [6.07, 6.45) is 0.254. The van der Waals surface area contributed by atoms with Gasteiger partial charge in [0.1, 0.15) is 6.04 Å². The second-order valence-electron chi connectivity index (χ2n) is 5.15. The van der Waals surface area contributed by atoms with E-state index in [9.17, 15) is 9.59 Å². The molecule has 5 nitrogen and oxygen atoms in total. The van der Waals surface area contributed by atoms with Gasteiger partial charge in [0.25, 0.3) is 0 Å². The summed E-state index contributed by atoms with van der Waals surface area (Å²) in [5.41, 5.74) is 7.44. The smallest absolute Gasteiger partial charge is 0.242 e. The highest BCUT2D eigenvalue weighted by molar-refractivity contribution is 5.88. The van der Waals surface area contributed by atoms with E-state index in [-0.39, 0.29) is 24.3 Å². The zero-order valence-corrected chi connectivity index (χ0v) is 12.3. The molecule has 20 heavy (non-hydrogen) atoms. The maximum Gasteiger partial charge on any atom is 0.242 e. The highest BCUT2D eigenvalue weighted by Crippen LogP contribution is 2.04. The monoisotopic (exact) mass is 277 g/mol. The molecule has 0 heterocycles. The molecule has 5 heteroatoms. The van der Waals surface area contributed by atoms with Crippen LogP contribution in [-0.2, 0) is 22.6 Å². The molecule has 0 aliphatic rings. The molecule has 4 N–H and O–H groups in total. The van der Waals surface area contributed by atoms with Gasteiger partial charge < -0.3 is 16.4 Å². The minimum absolute atomic E-state index is 0.0608. The van der Waals surface area contributed by atoms with Crippen molar-refractivity contribution in [3.63, 3.8) is 0 Å². The largest absolute Gasteiger partial charge is 0.352 e. The number of carbonyl (C=O) groups excluding carboxylic acids is 2. The Balaban J connectivity index is 2.48. The van der Waals surface area contributed by atoms with Crippen molar-refractivity contribution in [1.29, 1.82) is 0 Å². The van der Waals surface area contributed by atoms with Gasteiger partial charge in [0.2, 0.25) is 11.8 Å². The first kappa shape index (κ1) is 16.2. The van der Waals surface area contributed by atoms with Crippen molar-refractivity contribution < 1.29 is 9.59 Å². The Bertz CT molecular complexity index is 455. The molecule has 0 radical (unpaired) electrons. The molecule has 1 aromatic rings. The molecule has 110 valence electrons. The summed E-state index contributed by atoms with van der Waals surface area (Å²) in [6.45, 7) is 5.92. The minimum atomic E-state index is -0.534. The highest BCUT2D eigenvalue weighted by atomic mass is 16.2. The molecule has 0 aliphatic carbocycles. The molecule has 0 fully saturated rings. The molecule has 0 bridgehead atoms. The van der Waals surface area contributed by atoms with Crippen LogP contribution < -0.4 is 16.4 Å². The quantitative estimate of drug-likeness (QED) is 0.716. The fraction of sp³-hybridized carbons (Fsp3) is 0.467. The van der Waals surface area contributed by atoms with E-state index < -0.39 is 6.04 Å². The maximum absolute atomic E-state index is 11.9. The summed E-state index contributed by atoms with van der Waals surface area (Å²) in [4.78, 5) is 23.5. The van der Waals surface area contributed by atoms with Crippen LogP contribution in [0.15, 0.2) is 24.3 Å². The van der Waals surface area contributed by atoms with Crippen LogP contribution in [0, 0.1) is 0 Å². The van der Waals surface area contributed by atoms with Crippen LogP contribution in [0.4, 0.5) is 0 Å². The molecule has 1 rings (SSSR count). The number of nitrogens with one attached hydrogen (secondary N) is 2. The third kappa shape index (κ3) is 5.40. The SMILES string of the molecule is CC(C)NC(=O)C(C)NC(=O)Cc1ccc(CN)cc1. The molecule has 0 aliphatic heterocycles. The first-order valence-electron chi connectivity index (χ1n) is 6.80. The number of rotatable bonds is 6. The summed E-state index contributed by atoms with van der Waals surface area (Å²) in [6, 6.07) is 7.08. The molecular formula is C15H23N3O2. The molecular weight excluding hydrogens is 254 g/mol. The average molecular weight is 277 g/mol. The Kier molecular flexibility index (Phi) is 6.18. The van der Waals surface area contributed by atoms with Crippen LogP contribution in [0.25, 0.3) is 0 Å². The van der Waals surface area contributed by atoms with Crippen LogP contribution in [0.1, 0.15) is 31.9 Å². The molecule has 0 aromatic heterocycles. The first-order valence-corrected chi connectivity index (χ1v) is 6.80. The van der Waals surface area contributed by atoms with Crippen LogP contribution in [0.2, 0.25) is 0 Å². The van der Waals surface area contributed by atoms with Crippen molar-refractivity contribution in [1.82, 2.24) is 10.6 Å². The number of benzene rings is 1. The fourth-order valence-electron chi connectivity index (χ4n) is 1.75. The van der Waals surface area contributed by atoms with E-state index in [2.05, 4.69) is 10.6 Å². The Labute approximate surface area is 119 Å². The third-order valence-corrected chi connectivity index (χ3v) is 2.83. The summed E-state index contributed by atoms with van der Waals surface area (Å²) < 4.78 is 0. The summed E-state index contributed by atoms with van der Waals surface area (Å²) in [7, 11) is 0. The topological polar surface area (TPSA) is 84.2 Å². The van der Waals surface area contributed by atoms with Gasteiger partial charge >= 0.3 is 0 Å². The average Bonchev–Trinajstić information content (AvgIpc) is 2.38. The van der Waals surface area contributed by atoms with Crippen LogP contribution in [-0.4, -0.2) is 23.9 Å². The van der Waals surface area contributed by atoms with Gasteiger partial charge in [-0.2, -0.15) is 0 Å². The first-order chi connectivity index (χ1) is 9.42. The Morgan fingerprint density at radius 3 is 2.10 bits per heavy atom. The second kappa shape index (κ2) is 7.65. The van der Waals surface area contributed by atoms with Crippen molar-refractivity contribution in [2.45, 2.75) is 45.8 Å².